The first kappa shape index (κ1) is 15.5. The zero-order chi connectivity index (χ0) is 16.1. The Balaban J connectivity index is 1.72. The molecule has 5 rings (SSSR count). The molecule has 0 aliphatic carbocycles. The predicted molar refractivity (Wildman–Crippen MR) is 91.6 cm³/mol. The fourth-order valence-corrected chi connectivity index (χ4v) is 5.07. The smallest absolute Gasteiger partial charge is 0.310 e. The molecule has 23 heavy (non-hydrogen) atoms. The summed E-state index contributed by atoms with van der Waals surface area (Å²) in [7, 11) is 1.49. The van der Waals surface area contributed by atoms with Gasteiger partial charge >= 0.3 is 5.97 Å². The third kappa shape index (κ3) is 2.41. The molecule has 0 amide bonds. The molecule has 5 atom stereocenters. The van der Waals surface area contributed by atoms with Crippen molar-refractivity contribution < 1.29 is 9.53 Å². The standard InChI is InChI=1S/C18H19Cl2NO2/c1-23-18(22)16-13-8-12-5-6-15(16)21(12)9-11(13)7-10-3-2-4-14(19)17(10)20/h2-4,7,12-13,15-16H,5-6,8-9H2,1H3/b11-7+/t12-,13+,15+,16-/m0/s1. The molecule has 1 aromatic carbocycles. The molecule has 0 saturated carbocycles. The van der Waals surface area contributed by atoms with Gasteiger partial charge in [-0.1, -0.05) is 47.0 Å². The number of rotatable bonds is 2. The second-order valence-corrected chi connectivity index (χ2v) is 7.51. The van der Waals surface area contributed by atoms with Crippen LogP contribution in [0, 0.1) is 11.8 Å². The molecular weight excluding hydrogens is 333 g/mol. The average molecular weight is 352 g/mol. The average Bonchev–Trinajstić information content (AvgIpc) is 2.86. The van der Waals surface area contributed by atoms with Gasteiger partial charge in [-0.05, 0) is 36.8 Å². The van der Waals surface area contributed by atoms with Gasteiger partial charge in [0.2, 0.25) is 0 Å². The SMILES string of the molecule is COC(=O)[C@H]1[C@@H]2C[C@@H]3CC[C@H]1N3C/C2=C\c1cccc(Cl)c1Cl. The first-order valence-corrected chi connectivity index (χ1v) is 8.83. The van der Waals surface area contributed by atoms with Crippen LogP contribution in [-0.4, -0.2) is 36.6 Å². The van der Waals surface area contributed by atoms with E-state index in [-0.39, 0.29) is 17.8 Å². The van der Waals surface area contributed by atoms with Crippen LogP contribution in [0.4, 0.5) is 0 Å². The number of nitrogens with zero attached hydrogens (tertiary/aromatic N) is 1. The van der Waals surface area contributed by atoms with Gasteiger partial charge in [-0.25, -0.2) is 0 Å². The summed E-state index contributed by atoms with van der Waals surface area (Å²) in [6, 6.07) is 6.64. The Hall–Kier alpha value is -1.03. The third-order valence-electron chi connectivity index (χ3n) is 5.70. The lowest BCUT2D eigenvalue weighted by Crippen LogP contribution is -2.58. The molecule has 1 aromatic rings. The third-order valence-corrected chi connectivity index (χ3v) is 6.54. The quantitative estimate of drug-likeness (QED) is 0.753. The number of benzene rings is 1. The second-order valence-electron chi connectivity index (χ2n) is 6.72. The van der Waals surface area contributed by atoms with Crippen LogP contribution < -0.4 is 0 Å². The first-order chi connectivity index (χ1) is 11.1. The molecule has 4 aliphatic rings. The van der Waals surface area contributed by atoms with Crippen LogP contribution in [0.15, 0.2) is 23.8 Å². The van der Waals surface area contributed by atoms with Crippen molar-refractivity contribution >= 4 is 35.2 Å². The number of halogens is 2. The van der Waals surface area contributed by atoms with E-state index in [1.54, 1.807) is 6.07 Å². The van der Waals surface area contributed by atoms with Crippen LogP contribution in [0.2, 0.25) is 10.0 Å². The lowest BCUT2D eigenvalue weighted by atomic mass is 9.71. The molecular formula is C18H19Cl2NO2. The summed E-state index contributed by atoms with van der Waals surface area (Å²) in [6.07, 6.45) is 5.46. The molecule has 4 saturated heterocycles. The summed E-state index contributed by atoms with van der Waals surface area (Å²) in [5.41, 5.74) is 2.21. The van der Waals surface area contributed by atoms with E-state index in [4.69, 9.17) is 27.9 Å². The van der Waals surface area contributed by atoms with Crippen molar-refractivity contribution in [2.45, 2.75) is 31.3 Å². The van der Waals surface area contributed by atoms with Gasteiger partial charge in [-0.2, -0.15) is 0 Å². The number of esters is 1. The molecule has 0 aromatic heterocycles. The van der Waals surface area contributed by atoms with Crippen molar-refractivity contribution in [1.29, 1.82) is 0 Å². The molecule has 1 unspecified atom stereocenters. The number of carbonyl (C=O) groups is 1. The monoisotopic (exact) mass is 351 g/mol. The van der Waals surface area contributed by atoms with Gasteiger partial charge < -0.3 is 4.74 Å². The summed E-state index contributed by atoms with van der Waals surface area (Å²) >= 11 is 12.5. The van der Waals surface area contributed by atoms with Gasteiger partial charge in [0, 0.05) is 18.6 Å². The number of methoxy groups -OCH3 is 1. The minimum absolute atomic E-state index is 0.0447. The lowest BCUT2D eigenvalue weighted by Gasteiger charge is -2.50. The molecule has 4 heterocycles. The van der Waals surface area contributed by atoms with E-state index in [1.807, 2.05) is 12.1 Å². The number of carbonyl (C=O) groups excluding carboxylic acids is 1. The van der Waals surface area contributed by atoms with Gasteiger partial charge in [0.25, 0.3) is 0 Å². The van der Waals surface area contributed by atoms with Gasteiger partial charge in [0.1, 0.15) is 0 Å². The summed E-state index contributed by atoms with van der Waals surface area (Å²) in [6.45, 7) is 0.927. The van der Waals surface area contributed by atoms with Crippen LogP contribution in [0.1, 0.15) is 24.8 Å². The molecule has 4 bridgehead atoms. The maximum absolute atomic E-state index is 12.3. The van der Waals surface area contributed by atoms with E-state index < -0.39 is 0 Å². The highest BCUT2D eigenvalue weighted by molar-refractivity contribution is 6.42. The second kappa shape index (κ2) is 5.80. The minimum Gasteiger partial charge on any atom is -0.469 e. The Morgan fingerprint density at radius 3 is 2.96 bits per heavy atom. The van der Waals surface area contributed by atoms with Crippen LogP contribution in [-0.2, 0) is 9.53 Å². The maximum atomic E-state index is 12.3. The minimum atomic E-state index is -0.0758. The highest BCUT2D eigenvalue weighted by Crippen LogP contribution is 2.51. The van der Waals surface area contributed by atoms with Crippen molar-refractivity contribution in [2.75, 3.05) is 13.7 Å². The fraction of sp³-hybridized carbons (Fsp3) is 0.500. The lowest BCUT2D eigenvalue weighted by molar-refractivity contribution is -0.153. The number of piperidine rings is 3. The molecule has 4 aliphatic heterocycles. The molecule has 122 valence electrons. The number of hydrogen-bond acceptors (Lipinski definition) is 3. The van der Waals surface area contributed by atoms with Gasteiger partial charge in [0.05, 0.1) is 23.1 Å². The van der Waals surface area contributed by atoms with Crippen LogP contribution in [0.25, 0.3) is 6.08 Å². The molecule has 0 spiro atoms. The summed E-state index contributed by atoms with van der Waals surface area (Å²) in [5.74, 6) is 0.143. The molecule has 4 fully saturated rings. The summed E-state index contributed by atoms with van der Waals surface area (Å²) < 4.78 is 5.09. The molecule has 0 N–H and O–H groups in total. The molecule has 5 heteroatoms. The Morgan fingerprint density at radius 1 is 1.35 bits per heavy atom. The Labute approximate surface area is 146 Å². The van der Waals surface area contributed by atoms with E-state index >= 15 is 0 Å². The Kier molecular flexibility index (Phi) is 3.91. The highest BCUT2D eigenvalue weighted by Gasteiger charge is 2.55. The fourth-order valence-electron chi connectivity index (χ4n) is 4.71. The van der Waals surface area contributed by atoms with E-state index in [0.717, 1.165) is 24.9 Å². The van der Waals surface area contributed by atoms with Crippen LogP contribution in [0.3, 0.4) is 0 Å². The van der Waals surface area contributed by atoms with E-state index in [9.17, 15) is 4.79 Å². The van der Waals surface area contributed by atoms with Gasteiger partial charge in [0.15, 0.2) is 0 Å². The Bertz CT molecular complexity index is 688. The normalized spacial score (nSPS) is 36.5. The van der Waals surface area contributed by atoms with E-state index in [0.29, 0.717) is 22.1 Å². The maximum Gasteiger partial charge on any atom is 0.310 e. The van der Waals surface area contributed by atoms with E-state index in [1.165, 1.54) is 19.1 Å². The van der Waals surface area contributed by atoms with Crippen molar-refractivity contribution in [3.05, 3.63) is 39.4 Å². The van der Waals surface area contributed by atoms with Crippen LogP contribution in [0.5, 0.6) is 0 Å². The van der Waals surface area contributed by atoms with Gasteiger partial charge in [-0.15, -0.1) is 0 Å². The zero-order valence-corrected chi connectivity index (χ0v) is 14.5. The summed E-state index contributed by atoms with van der Waals surface area (Å²) in [5, 5.41) is 1.14. The number of hydrogen-bond donors (Lipinski definition) is 0. The van der Waals surface area contributed by atoms with E-state index in [2.05, 4.69) is 11.0 Å². The molecule has 3 nitrogen and oxygen atoms in total. The van der Waals surface area contributed by atoms with Crippen molar-refractivity contribution in [2.24, 2.45) is 11.8 Å². The zero-order valence-electron chi connectivity index (χ0n) is 13.0. The first-order valence-electron chi connectivity index (χ1n) is 8.08. The summed E-state index contributed by atoms with van der Waals surface area (Å²) in [4.78, 5) is 14.8. The predicted octanol–water partition coefficient (Wildman–Crippen LogP) is 4.03. The number of fused-ring (bicyclic) bond motifs is 1. The topological polar surface area (TPSA) is 29.5 Å². The van der Waals surface area contributed by atoms with Crippen LogP contribution >= 0.6 is 23.2 Å². The largest absolute Gasteiger partial charge is 0.469 e. The van der Waals surface area contributed by atoms with Crippen molar-refractivity contribution in [1.82, 2.24) is 4.90 Å². The number of ether oxygens (including phenoxy) is 1. The highest BCUT2D eigenvalue weighted by atomic mass is 35.5. The molecule has 0 radical (unpaired) electrons. The Morgan fingerprint density at radius 2 is 2.17 bits per heavy atom. The van der Waals surface area contributed by atoms with Crippen molar-refractivity contribution in [3.8, 4) is 0 Å². The van der Waals surface area contributed by atoms with Gasteiger partial charge in [-0.3, -0.25) is 9.69 Å². The van der Waals surface area contributed by atoms with Crippen molar-refractivity contribution in [3.63, 3.8) is 0 Å².